The predicted octanol–water partition coefficient (Wildman–Crippen LogP) is 1.63. The van der Waals surface area contributed by atoms with Crippen LogP contribution in [0, 0.1) is 5.92 Å². The molecule has 0 aliphatic carbocycles. The van der Waals surface area contributed by atoms with E-state index in [0.717, 1.165) is 0 Å². The van der Waals surface area contributed by atoms with Crippen molar-refractivity contribution in [1.82, 2.24) is 0 Å². The smallest absolute Gasteiger partial charge is 0.141 e. The Kier molecular flexibility index (Phi) is 4.69. The lowest BCUT2D eigenvalue weighted by atomic mass is 9.98. The molecule has 0 rings (SSSR count). The molecular weight excluding hydrogens is 187 g/mol. The van der Waals surface area contributed by atoms with Crippen LogP contribution in [0.5, 0.6) is 0 Å². The second-order valence-electron chi connectivity index (χ2n) is 2.37. The zero-order valence-electron chi connectivity index (χ0n) is 6.43. The van der Waals surface area contributed by atoms with Crippen LogP contribution in [0.2, 0.25) is 0 Å². The van der Waals surface area contributed by atoms with E-state index >= 15 is 0 Å². The number of hydrogen-bond acceptors (Lipinski definition) is 2. The summed E-state index contributed by atoms with van der Waals surface area (Å²) in [6.45, 7) is 2.68. The molecule has 0 aliphatic rings. The lowest BCUT2D eigenvalue weighted by Crippen LogP contribution is -2.30. The van der Waals surface area contributed by atoms with Crippen molar-refractivity contribution in [3.63, 3.8) is 0 Å². The van der Waals surface area contributed by atoms with Crippen molar-refractivity contribution in [2.75, 3.05) is 5.88 Å². The van der Waals surface area contributed by atoms with Crippen molar-refractivity contribution in [1.29, 1.82) is 0 Å². The largest absolute Gasteiger partial charge is 0.299 e. The fourth-order valence-electron chi connectivity index (χ4n) is 0.885. The summed E-state index contributed by atoms with van der Waals surface area (Å²) in [5.41, 5.74) is 0. The Labute approximate surface area is 75.9 Å². The number of carbonyl (C=O) groups is 2. The third kappa shape index (κ3) is 3.21. The van der Waals surface area contributed by atoms with Crippen LogP contribution in [0.25, 0.3) is 0 Å². The van der Waals surface area contributed by atoms with Crippen LogP contribution in [0.4, 0.5) is 0 Å². The molecule has 0 aromatic heterocycles. The molecule has 0 amide bonds. The molecule has 0 N–H and O–H groups in total. The maximum Gasteiger partial charge on any atom is 0.141 e. The van der Waals surface area contributed by atoms with Gasteiger partial charge in [-0.15, -0.1) is 23.2 Å². The standard InChI is InChI=1S/C7H10Cl2O2/c1-4(10)7(5(2)11)6(9)3-8/h6-7H,3H2,1-2H3. The van der Waals surface area contributed by atoms with Crippen molar-refractivity contribution < 1.29 is 9.59 Å². The van der Waals surface area contributed by atoms with Gasteiger partial charge in [0, 0.05) is 5.88 Å². The van der Waals surface area contributed by atoms with Gasteiger partial charge in [-0.1, -0.05) is 0 Å². The lowest BCUT2D eigenvalue weighted by Gasteiger charge is -2.13. The molecule has 2 nitrogen and oxygen atoms in total. The molecule has 0 fully saturated rings. The van der Waals surface area contributed by atoms with Gasteiger partial charge in [-0.2, -0.15) is 0 Å². The van der Waals surface area contributed by atoms with Gasteiger partial charge in [0.2, 0.25) is 0 Å². The zero-order valence-corrected chi connectivity index (χ0v) is 7.95. The molecule has 1 unspecified atom stereocenters. The number of rotatable bonds is 4. The molecular formula is C7H10Cl2O2. The first-order chi connectivity index (χ1) is 5.00. The van der Waals surface area contributed by atoms with Gasteiger partial charge < -0.3 is 0 Å². The number of ketones is 2. The van der Waals surface area contributed by atoms with Gasteiger partial charge in [-0.3, -0.25) is 9.59 Å². The topological polar surface area (TPSA) is 34.1 Å². The van der Waals surface area contributed by atoms with Gasteiger partial charge in [0.1, 0.15) is 11.6 Å². The molecule has 0 heterocycles. The maximum absolute atomic E-state index is 10.8. The highest BCUT2D eigenvalue weighted by molar-refractivity contribution is 6.30. The molecule has 0 saturated heterocycles. The summed E-state index contributed by atoms with van der Waals surface area (Å²) in [6.07, 6.45) is 0. The third-order valence-electron chi connectivity index (χ3n) is 1.39. The van der Waals surface area contributed by atoms with E-state index in [9.17, 15) is 9.59 Å². The number of Topliss-reactive ketones (excluding diaryl/α,β-unsaturated/α-hetero) is 2. The Morgan fingerprint density at radius 2 is 1.64 bits per heavy atom. The monoisotopic (exact) mass is 196 g/mol. The van der Waals surface area contributed by atoms with Crippen molar-refractivity contribution in [2.24, 2.45) is 5.92 Å². The second kappa shape index (κ2) is 4.73. The van der Waals surface area contributed by atoms with Crippen LogP contribution in [0.1, 0.15) is 13.8 Å². The number of alkyl halides is 2. The zero-order chi connectivity index (χ0) is 9.02. The van der Waals surface area contributed by atoms with E-state index in [0.29, 0.717) is 0 Å². The quantitative estimate of drug-likeness (QED) is 0.507. The van der Waals surface area contributed by atoms with Crippen LogP contribution < -0.4 is 0 Å². The van der Waals surface area contributed by atoms with Crippen LogP contribution in [-0.4, -0.2) is 22.8 Å². The van der Waals surface area contributed by atoms with Gasteiger partial charge >= 0.3 is 0 Å². The molecule has 1 atom stereocenters. The lowest BCUT2D eigenvalue weighted by molar-refractivity contribution is -0.130. The van der Waals surface area contributed by atoms with Crippen molar-refractivity contribution in [3.8, 4) is 0 Å². The normalized spacial score (nSPS) is 13.2. The highest BCUT2D eigenvalue weighted by Crippen LogP contribution is 2.14. The molecule has 64 valence electrons. The number of carbonyl (C=O) groups excluding carboxylic acids is 2. The van der Waals surface area contributed by atoms with Crippen LogP contribution >= 0.6 is 23.2 Å². The van der Waals surface area contributed by atoms with E-state index < -0.39 is 11.3 Å². The molecule has 0 aromatic rings. The molecule has 0 saturated carbocycles. The summed E-state index contributed by atoms with van der Waals surface area (Å²) in [4.78, 5) is 21.6. The molecule has 0 spiro atoms. The minimum absolute atomic E-state index is 0.116. The number of halogens is 2. The summed E-state index contributed by atoms with van der Waals surface area (Å²) < 4.78 is 0. The average molecular weight is 197 g/mol. The first kappa shape index (κ1) is 10.9. The summed E-state index contributed by atoms with van der Waals surface area (Å²) >= 11 is 11.0. The maximum atomic E-state index is 10.8. The van der Waals surface area contributed by atoms with E-state index in [4.69, 9.17) is 23.2 Å². The summed E-state index contributed by atoms with van der Waals surface area (Å²) in [6, 6.07) is 0. The SMILES string of the molecule is CC(=O)C(C(C)=O)C(Cl)CCl. The fourth-order valence-corrected chi connectivity index (χ4v) is 1.42. The fraction of sp³-hybridized carbons (Fsp3) is 0.714. The van der Waals surface area contributed by atoms with Gasteiger partial charge in [0.05, 0.1) is 11.3 Å². The first-order valence-electron chi connectivity index (χ1n) is 3.21. The van der Waals surface area contributed by atoms with Crippen molar-refractivity contribution >= 4 is 34.8 Å². The van der Waals surface area contributed by atoms with Gasteiger partial charge in [0.25, 0.3) is 0 Å². The summed E-state index contributed by atoms with van der Waals surface area (Å²) in [5, 5.41) is -0.577. The van der Waals surface area contributed by atoms with Crippen molar-refractivity contribution in [3.05, 3.63) is 0 Å². The highest BCUT2D eigenvalue weighted by atomic mass is 35.5. The van der Waals surface area contributed by atoms with E-state index in [-0.39, 0.29) is 17.4 Å². The average Bonchev–Trinajstić information content (AvgIpc) is 1.85. The summed E-state index contributed by atoms with van der Waals surface area (Å²) in [5.74, 6) is -1.07. The van der Waals surface area contributed by atoms with E-state index in [1.807, 2.05) is 0 Å². The third-order valence-corrected chi connectivity index (χ3v) is 2.28. The van der Waals surface area contributed by atoms with Gasteiger partial charge in [0.15, 0.2) is 0 Å². The van der Waals surface area contributed by atoms with E-state index in [1.54, 1.807) is 0 Å². The van der Waals surface area contributed by atoms with E-state index in [1.165, 1.54) is 13.8 Å². The van der Waals surface area contributed by atoms with Gasteiger partial charge in [-0.05, 0) is 13.8 Å². The Morgan fingerprint density at radius 1 is 1.27 bits per heavy atom. The second-order valence-corrected chi connectivity index (χ2v) is 3.24. The minimum Gasteiger partial charge on any atom is -0.299 e. The molecule has 0 radical (unpaired) electrons. The summed E-state index contributed by atoms with van der Waals surface area (Å²) in [7, 11) is 0. The number of hydrogen-bond donors (Lipinski definition) is 0. The Bertz CT molecular complexity index is 154. The molecule has 11 heavy (non-hydrogen) atoms. The minimum atomic E-state index is -0.742. The molecule has 0 aromatic carbocycles. The van der Waals surface area contributed by atoms with Crippen LogP contribution in [0.15, 0.2) is 0 Å². The van der Waals surface area contributed by atoms with Gasteiger partial charge in [-0.25, -0.2) is 0 Å². The Morgan fingerprint density at radius 3 is 1.73 bits per heavy atom. The van der Waals surface area contributed by atoms with Crippen molar-refractivity contribution in [2.45, 2.75) is 19.2 Å². The van der Waals surface area contributed by atoms with Crippen LogP contribution in [0.3, 0.4) is 0 Å². The Hall–Kier alpha value is -0.0800. The molecule has 4 heteroatoms. The highest BCUT2D eigenvalue weighted by Gasteiger charge is 2.27. The predicted molar refractivity (Wildman–Crippen MR) is 45.2 cm³/mol. The van der Waals surface area contributed by atoms with E-state index in [2.05, 4.69) is 0 Å². The first-order valence-corrected chi connectivity index (χ1v) is 4.18. The molecule has 0 aliphatic heterocycles. The Balaban J connectivity index is 4.34. The van der Waals surface area contributed by atoms with Crippen LogP contribution in [-0.2, 0) is 9.59 Å². The molecule has 0 bridgehead atoms.